The van der Waals surface area contributed by atoms with Gasteiger partial charge in [-0.3, -0.25) is 9.59 Å². The van der Waals surface area contributed by atoms with Gasteiger partial charge >= 0.3 is 5.97 Å². The van der Waals surface area contributed by atoms with Crippen molar-refractivity contribution in [3.8, 4) is 0 Å². The maximum absolute atomic E-state index is 11.1. The van der Waals surface area contributed by atoms with Crippen molar-refractivity contribution in [3.63, 3.8) is 0 Å². The first-order valence-corrected chi connectivity index (χ1v) is 4.78. The average Bonchev–Trinajstić information content (AvgIpc) is 2.21. The highest BCUT2D eigenvalue weighted by Crippen LogP contribution is 1.93. The number of carbonyl (C=O) groups excluding carboxylic acids is 1. The van der Waals surface area contributed by atoms with Crippen LogP contribution in [0.25, 0.3) is 0 Å². The summed E-state index contributed by atoms with van der Waals surface area (Å²) in [6.07, 6.45) is 2.50. The number of carbonyl (C=O) groups is 2. The Labute approximate surface area is 89.1 Å². The minimum absolute atomic E-state index is 0.327. The van der Waals surface area contributed by atoms with E-state index in [9.17, 15) is 9.59 Å². The molecule has 1 amide bonds. The molecule has 2 N–H and O–H groups in total. The number of rotatable bonds is 8. The lowest BCUT2D eigenvalue weighted by molar-refractivity contribution is -0.146. The van der Waals surface area contributed by atoms with Gasteiger partial charge in [0.2, 0.25) is 5.91 Å². The summed E-state index contributed by atoms with van der Waals surface area (Å²) in [5.74, 6) is -2.63. The topological polar surface area (TPSA) is 75.6 Å². The Bertz CT molecular complexity index is 227. The van der Waals surface area contributed by atoms with Crippen molar-refractivity contribution in [1.29, 1.82) is 0 Å². The second kappa shape index (κ2) is 7.99. The molecule has 0 fully saturated rings. The summed E-state index contributed by atoms with van der Waals surface area (Å²) in [5.41, 5.74) is 0. The Morgan fingerprint density at radius 1 is 1.53 bits per heavy atom. The highest BCUT2D eigenvalue weighted by Gasteiger charge is 2.19. The minimum atomic E-state index is -1.12. The van der Waals surface area contributed by atoms with E-state index in [1.807, 2.05) is 0 Å². The quantitative estimate of drug-likeness (QED) is 0.349. The Morgan fingerprint density at radius 3 is 2.73 bits per heavy atom. The first kappa shape index (κ1) is 13.6. The van der Waals surface area contributed by atoms with Crippen LogP contribution in [0.3, 0.4) is 0 Å². The summed E-state index contributed by atoms with van der Waals surface area (Å²) >= 11 is 0. The van der Waals surface area contributed by atoms with Crippen molar-refractivity contribution in [2.24, 2.45) is 5.92 Å². The SMILES string of the molecule is C=CCCOCCNC(=O)C(C)C(=O)O. The molecule has 1 atom stereocenters. The molecule has 0 saturated heterocycles. The molecule has 5 heteroatoms. The smallest absolute Gasteiger partial charge is 0.315 e. The molecule has 0 aromatic rings. The molecule has 0 radical (unpaired) electrons. The molecule has 0 heterocycles. The molecule has 0 aliphatic heterocycles. The van der Waals surface area contributed by atoms with E-state index in [2.05, 4.69) is 11.9 Å². The van der Waals surface area contributed by atoms with Crippen LogP contribution in [-0.2, 0) is 14.3 Å². The molecule has 0 aliphatic carbocycles. The lowest BCUT2D eigenvalue weighted by Crippen LogP contribution is -2.35. The second-order valence-electron chi connectivity index (χ2n) is 3.04. The molecule has 1 unspecified atom stereocenters. The molecule has 0 spiro atoms. The third-order valence-corrected chi connectivity index (χ3v) is 1.78. The summed E-state index contributed by atoms with van der Waals surface area (Å²) in [7, 11) is 0. The largest absolute Gasteiger partial charge is 0.481 e. The van der Waals surface area contributed by atoms with Gasteiger partial charge in [-0.15, -0.1) is 6.58 Å². The van der Waals surface area contributed by atoms with Crippen molar-refractivity contribution in [3.05, 3.63) is 12.7 Å². The highest BCUT2D eigenvalue weighted by molar-refractivity contribution is 5.96. The van der Waals surface area contributed by atoms with E-state index < -0.39 is 17.8 Å². The summed E-state index contributed by atoms with van der Waals surface area (Å²) in [6, 6.07) is 0. The predicted octanol–water partition coefficient (Wildman–Crippen LogP) is 0.416. The van der Waals surface area contributed by atoms with Gasteiger partial charge in [-0.05, 0) is 13.3 Å². The fourth-order valence-electron chi connectivity index (χ4n) is 0.780. The maximum atomic E-state index is 11.1. The zero-order chi connectivity index (χ0) is 11.7. The number of hydrogen-bond acceptors (Lipinski definition) is 3. The summed E-state index contributed by atoms with van der Waals surface area (Å²) in [5, 5.41) is 11.0. The van der Waals surface area contributed by atoms with E-state index in [1.54, 1.807) is 6.08 Å². The van der Waals surface area contributed by atoms with Crippen LogP contribution in [0.1, 0.15) is 13.3 Å². The average molecular weight is 215 g/mol. The van der Waals surface area contributed by atoms with Gasteiger partial charge in [-0.1, -0.05) is 6.08 Å². The van der Waals surface area contributed by atoms with E-state index >= 15 is 0 Å². The van der Waals surface area contributed by atoms with E-state index in [0.717, 1.165) is 6.42 Å². The molecule has 15 heavy (non-hydrogen) atoms. The van der Waals surface area contributed by atoms with E-state index in [1.165, 1.54) is 6.92 Å². The predicted molar refractivity (Wildman–Crippen MR) is 55.4 cm³/mol. The van der Waals surface area contributed by atoms with Crippen LogP contribution in [0.4, 0.5) is 0 Å². The molecule has 0 aromatic heterocycles. The standard InChI is InChI=1S/C10H17NO4/c1-3-4-6-15-7-5-11-9(12)8(2)10(13)14/h3,8H,1,4-7H2,2H3,(H,11,12)(H,13,14). The van der Waals surface area contributed by atoms with Gasteiger partial charge in [-0.2, -0.15) is 0 Å². The van der Waals surface area contributed by atoms with Crippen LogP contribution in [0.15, 0.2) is 12.7 Å². The third kappa shape index (κ3) is 6.68. The number of aliphatic carboxylic acids is 1. The molecule has 0 aliphatic rings. The second-order valence-corrected chi connectivity index (χ2v) is 3.04. The van der Waals surface area contributed by atoms with Gasteiger partial charge in [0.25, 0.3) is 0 Å². The minimum Gasteiger partial charge on any atom is -0.481 e. The van der Waals surface area contributed by atoms with E-state index in [4.69, 9.17) is 9.84 Å². The van der Waals surface area contributed by atoms with Crippen molar-refractivity contribution in [1.82, 2.24) is 5.32 Å². The fraction of sp³-hybridized carbons (Fsp3) is 0.600. The number of amides is 1. The van der Waals surface area contributed by atoms with Gasteiger partial charge in [0, 0.05) is 6.54 Å². The van der Waals surface area contributed by atoms with Crippen LogP contribution >= 0.6 is 0 Å². The molecule has 0 aromatic carbocycles. The number of carboxylic acid groups (broad SMARTS) is 1. The van der Waals surface area contributed by atoms with Crippen molar-refractivity contribution in [2.45, 2.75) is 13.3 Å². The lowest BCUT2D eigenvalue weighted by Gasteiger charge is -2.08. The molecule has 0 saturated carbocycles. The van der Waals surface area contributed by atoms with Crippen molar-refractivity contribution in [2.75, 3.05) is 19.8 Å². The van der Waals surface area contributed by atoms with Crippen LogP contribution in [0.5, 0.6) is 0 Å². The highest BCUT2D eigenvalue weighted by atomic mass is 16.5. The van der Waals surface area contributed by atoms with Gasteiger partial charge < -0.3 is 15.2 Å². The first-order chi connectivity index (χ1) is 7.09. The zero-order valence-electron chi connectivity index (χ0n) is 8.86. The fourth-order valence-corrected chi connectivity index (χ4v) is 0.780. The Kier molecular flexibility index (Phi) is 7.27. The Morgan fingerprint density at radius 2 is 2.20 bits per heavy atom. The van der Waals surface area contributed by atoms with Crippen LogP contribution < -0.4 is 5.32 Å². The van der Waals surface area contributed by atoms with Crippen LogP contribution in [0.2, 0.25) is 0 Å². The third-order valence-electron chi connectivity index (χ3n) is 1.78. The number of ether oxygens (including phenoxy) is 1. The molecule has 0 rings (SSSR count). The van der Waals surface area contributed by atoms with E-state index in [-0.39, 0.29) is 0 Å². The van der Waals surface area contributed by atoms with Gasteiger partial charge in [0.15, 0.2) is 0 Å². The number of carboxylic acids is 1. The van der Waals surface area contributed by atoms with Crippen molar-refractivity contribution >= 4 is 11.9 Å². The van der Waals surface area contributed by atoms with E-state index in [0.29, 0.717) is 19.8 Å². The summed E-state index contributed by atoms with van der Waals surface area (Å²) in [6.45, 7) is 6.15. The zero-order valence-corrected chi connectivity index (χ0v) is 8.86. The molecule has 0 bridgehead atoms. The Hall–Kier alpha value is -1.36. The number of nitrogens with one attached hydrogen (secondary N) is 1. The summed E-state index contributed by atoms with van der Waals surface area (Å²) in [4.78, 5) is 21.5. The van der Waals surface area contributed by atoms with Gasteiger partial charge in [-0.25, -0.2) is 0 Å². The lowest BCUT2D eigenvalue weighted by atomic mass is 10.2. The molecule has 86 valence electrons. The maximum Gasteiger partial charge on any atom is 0.315 e. The van der Waals surface area contributed by atoms with Gasteiger partial charge in [0.1, 0.15) is 5.92 Å². The summed E-state index contributed by atoms with van der Waals surface area (Å²) < 4.78 is 5.13. The molecule has 5 nitrogen and oxygen atoms in total. The normalized spacial score (nSPS) is 11.8. The first-order valence-electron chi connectivity index (χ1n) is 4.78. The molecular formula is C10H17NO4. The Balaban J connectivity index is 3.47. The number of hydrogen-bond donors (Lipinski definition) is 2. The van der Waals surface area contributed by atoms with Crippen LogP contribution in [-0.4, -0.2) is 36.7 Å². The monoisotopic (exact) mass is 215 g/mol. The van der Waals surface area contributed by atoms with Crippen molar-refractivity contribution < 1.29 is 19.4 Å². The van der Waals surface area contributed by atoms with Gasteiger partial charge in [0.05, 0.1) is 13.2 Å². The van der Waals surface area contributed by atoms with Crippen LogP contribution in [0, 0.1) is 5.92 Å². The molecular weight excluding hydrogens is 198 g/mol.